The van der Waals surface area contributed by atoms with Gasteiger partial charge in [0.15, 0.2) is 0 Å². The number of hydrogen-bond acceptors (Lipinski definition) is 3. The molecule has 5 rings (SSSR count). The SMILES string of the molecule is COC(=O)c1cc(-c2cccc3ccccc23)c(-c2cccc3ccccc23)s1. The lowest BCUT2D eigenvalue weighted by Crippen LogP contribution is -1.96. The molecule has 0 N–H and O–H groups in total. The lowest BCUT2D eigenvalue weighted by atomic mass is 9.95. The molecular formula is C26H18O2S. The van der Waals surface area contributed by atoms with E-state index in [2.05, 4.69) is 72.8 Å². The number of benzene rings is 4. The number of fused-ring (bicyclic) bond motifs is 2. The van der Waals surface area contributed by atoms with Gasteiger partial charge in [0, 0.05) is 16.0 Å². The Balaban J connectivity index is 1.84. The molecule has 3 heteroatoms. The number of methoxy groups -OCH3 is 1. The molecule has 0 radical (unpaired) electrons. The molecule has 1 heterocycles. The zero-order chi connectivity index (χ0) is 19.8. The van der Waals surface area contributed by atoms with E-state index in [0.717, 1.165) is 21.6 Å². The van der Waals surface area contributed by atoms with Crippen molar-refractivity contribution >= 4 is 38.9 Å². The minimum absolute atomic E-state index is 0.303. The second-order valence-corrected chi connectivity index (χ2v) is 7.95. The maximum absolute atomic E-state index is 12.4. The Bertz CT molecular complexity index is 1260. The van der Waals surface area contributed by atoms with Gasteiger partial charge in [-0.1, -0.05) is 84.9 Å². The van der Waals surface area contributed by atoms with E-state index in [1.807, 2.05) is 18.2 Å². The zero-order valence-corrected chi connectivity index (χ0v) is 16.7. The first kappa shape index (κ1) is 17.7. The number of rotatable bonds is 3. The second-order valence-electron chi connectivity index (χ2n) is 6.90. The standard InChI is InChI=1S/C26H18O2S/c1-28-26(27)24-16-23(21-14-6-10-17-8-2-4-12-19(17)21)25(29-24)22-15-7-11-18-9-3-5-13-20(18)22/h2-16H,1H3. The summed E-state index contributed by atoms with van der Waals surface area (Å²) in [6.07, 6.45) is 0. The van der Waals surface area contributed by atoms with Gasteiger partial charge in [0.2, 0.25) is 0 Å². The maximum Gasteiger partial charge on any atom is 0.348 e. The Morgan fingerprint density at radius 3 is 1.90 bits per heavy atom. The summed E-state index contributed by atoms with van der Waals surface area (Å²) in [4.78, 5) is 14.0. The molecule has 0 aliphatic rings. The molecule has 29 heavy (non-hydrogen) atoms. The van der Waals surface area contributed by atoms with Crippen LogP contribution in [0.4, 0.5) is 0 Å². The minimum Gasteiger partial charge on any atom is -0.465 e. The molecule has 4 aromatic carbocycles. The van der Waals surface area contributed by atoms with Crippen molar-refractivity contribution in [2.75, 3.05) is 7.11 Å². The van der Waals surface area contributed by atoms with Gasteiger partial charge in [-0.3, -0.25) is 0 Å². The highest BCUT2D eigenvalue weighted by Gasteiger charge is 2.20. The van der Waals surface area contributed by atoms with Crippen LogP contribution in [0.2, 0.25) is 0 Å². The van der Waals surface area contributed by atoms with Crippen molar-refractivity contribution in [3.8, 4) is 21.6 Å². The molecule has 0 saturated heterocycles. The molecule has 0 atom stereocenters. The molecule has 0 aliphatic heterocycles. The zero-order valence-electron chi connectivity index (χ0n) is 15.9. The minimum atomic E-state index is -0.303. The van der Waals surface area contributed by atoms with E-state index in [4.69, 9.17) is 4.74 Å². The molecule has 1 aromatic heterocycles. The van der Waals surface area contributed by atoms with Gasteiger partial charge in [0.25, 0.3) is 0 Å². The third kappa shape index (κ3) is 3.00. The van der Waals surface area contributed by atoms with Gasteiger partial charge in [-0.05, 0) is 33.2 Å². The Labute approximate surface area is 173 Å². The maximum atomic E-state index is 12.4. The van der Waals surface area contributed by atoms with Crippen LogP contribution in [0, 0.1) is 0 Å². The molecule has 0 bridgehead atoms. The summed E-state index contributed by atoms with van der Waals surface area (Å²) in [5.41, 5.74) is 3.31. The Morgan fingerprint density at radius 1 is 0.690 bits per heavy atom. The topological polar surface area (TPSA) is 26.3 Å². The number of carbonyl (C=O) groups is 1. The highest BCUT2D eigenvalue weighted by Crippen LogP contribution is 2.44. The first-order valence-electron chi connectivity index (χ1n) is 9.44. The van der Waals surface area contributed by atoms with Crippen LogP contribution < -0.4 is 0 Å². The fourth-order valence-electron chi connectivity index (χ4n) is 3.88. The van der Waals surface area contributed by atoms with E-state index >= 15 is 0 Å². The number of thiophene rings is 1. The molecular weight excluding hydrogens is 376 g/mol. The summed E-state index contributed by atoms with van der Waals surface area (Å²) in [7, 11) is 1.43. The predicted molar refractivity (Wildman–Crippen MR) is 122 cm³/mol. The van der Waals surface area contributed by atoms with E-state index in [-0.39, 0.29) is 5.97 Å². The Morgan fingerprint density at radius 2 is 1.24 bits per heavy atom. The average molecular weight is 394 g/mol. The third-order valence-electron chi connectivity index (χ3n) is 5.23. The van der Waals surface area contributed by atoms with Gasteiger partial charge < -0.3 is 4.74 Å². The van der Waals surface area contributed by atoms with Gasteiger partial charge in [-0.25, -0.2) is 4.79 Å². The number of ether oxygens (including phenoxy) is 1. The number of esters is 1. The largest absolute Gasteiger partial charge is 0.465 e. The second kappa shape index (κ2) is 7.19. The lowest BCUT2D eigenvalue weighted by molar-refractivity contribution is 0.0606. The summed E-state index contributed by atoms with van der Waals surface area (Å²) in [5, 5.41) is 4.71. The van der Waals surface area contributed by atoms with E-state index in [9.17, 15) is 4.79 Å². The van der Waals surface area contributed by atoms with Crippen molar-refractivity contribution in [1.29, 1.82) is 0 Å². The van der Waals surface area contributed by atoms with Gasteiger partial charge in [-0.15, -0.1) is 11.3 Å². The van der Waals surface area contributed by atoms with Crippen LogP contribution in [0.5, 0.6) is 0 Å². The summed E-state index contributed by atoms with van der Waals surface area (Å²) in [6.45, 7) is 0. The first-order valence-corrected chi connectivity index (χ1v) is 10.3. The van der Waals surface area contributed by atoms with E-state index < -0.39 is 0 Å². The van der Waals surface area contributed by atoms with Crippen LogP contribution in [-0.2, 0) is 4.74 Å². The highest BCUT2D eigenvalue weighted by molar-refractivity contribution is 7.18. The normalized spacial score (nSPS) is 11.1. The van der Waals surface area contributed by atoms with Crippen LogP contribution in [0.3, 0.4) is 0 Å². The Kier molecular flexibility index (Phi) is 4.38. The Hall–Kier alpha value is -3.43. The van der Waals surface area contributed by atoms with Crippen LogP contribution in [0.25, 0.3) is 43.1 Å². The van der Waals surface area contributed by atoms with E-state index in [1.165, 1.54) is 40.0 Å². The molecule has 0 amide bonds. The van der Waals surface area contributed by atoms with Gasteiger partial charge >= 0.3 is 5.97 Å². The van der Waals surface area contributed by atoms with Crippen LogP contribution in [0.1, 0.15) is 9.67 Å². The molecule has 2 nitrogen and oxygen atoms in total. The summed E-state index contributed by atoms with van der Waals surface area (Å²) >= 11 is 1.49. The summed E-state index contributed by atoms with van der Waals surface area (Å²) < 4.78 is 5.02. The molecule has 5 aromatic rings. The van der Waals surface area contributed by atoms with E-state index in [0.29, 0.717) is 4.88 Å². The van der Waals surface area contributed by atoms with Gasteiger partial charge in [0.05, 0.1) is 7.11 Å². The molecule has 0 unspecified atom stereocenters. The van der Waals surface area contributed by atoms with Gasteiger partial charge in [0.1, 0.15) is 4.88 Å². The smallest absolute Gasteiger partial charge is 0.348 e. The van der Waals surface area contributed by atoms with Crippen molar-refractivity contribution < 1.29 is 9.53 Å². The molecule has 0 fully saturated rings. The van der Waals surface area contributed by atoms with Crippen molar-refractivity contribution in [3.63, 3.8) is 0 Å². The molecule has 0 spiro atoms. The van der Waals surface area contributed by atoms with E-state index in [1.54, 1.807) is 0 Å². The highest BCUT2D eigenvalue weighted by atomic mass is 32.1. The summed E-state index contributed by atoms with van der Waals surface area (Å²) in [6, 6.07) is 31.3. The first-order chi connectivity index (χ1) is 14.3. The average Bonchev–Trinajstić information content (AvgIpc) is 3.23. The number of carbonyl (C=O) groups excluding carboxylic acids is 1. The van der Waals surface area contributed by atoms with Crippen molar-refractivity contribution in [3.05, 3.63) is 95.9 Å². The van der Waals surface area contributed by atoms with Crippen LogP contribution in [-0.4, -0.2) is 13.1 Å². The van der Waals surface area contributed by atoms with Crippen molar-refractivity contribution in [2.24, 2.45) is 0 Å². The fraction of sp³-hybridized carbons (Fsp3) is 0.0385. The predicted octanol–water partition coefficient (Wildman–Crippen LogP) is 7.18. The fourth-order valence-corrected chi connectivity index (χ4v) is 5.01. The monoisotopic (exact) mass is 394 g/mol. The number of hydrogen-bond donors (Lipinski definition) is 0. The van der Waals surface area contributed by atoms with Crippen LogP contribution >= 0.6 is 11.3 Å². The quantitative estimate of drug-likeness (QED) is 0.303. The third-order valence-corrected chi connectivity index (χ3v) is 6.38. The molecule has 0 aliphatic carbocycles. The van der Waals surface area contributed by atoms with Crippen LogP contribution in [0.15, 0.2) is 91.0 Å². The molecule has 0 saturated carbocycles. The molecule has 140 valence electrons. The van der Waals surface area contributed by atoms with Gasteiger partial charge in [-0.2, -0.15) is 0 Å². The summed E-state index contributed by atoms with van der Waals surface area (Å²) in [5.74, 6) is -0.303. The van der Waals surface area contributed by atoms with Crippen molar-refractivity contribution in [1.82, 2.24) is 0 Å². The van der Waals surface area contributed by atoms with Crippen molar-refractivity contribution in [2.45, 2.75) is 0 Å². The lowest BCUT2D eigenvalue weighted by Gasteiger charge is -2.10.